The van der Waals surface area contributed by atoms with Crippen LogP contribution < -0.4 is 14.8 Å². The first kappa shape index (κ1) is 20.8. The van der Waals surface area contributed by atoms with E-state index >= 15 is 0 Å². The lowest BCUT2D eigenvalue weighted by molar-refractivity contribution is -0.121. The van der Waals surface area contributed by atoms with Crippen LogP contribution in [0.15, 0.2) is 48.5 Å². The van der Waals surface area contributed by atoms with Crippen molar-refractivity contribution < 1.29 is 14.3 Å². The molecular weight excluding hydrogens is 340 g/mol. The predicted octanol–water partition coefficient (Wildman–Crippen LogP) is 3.45. The van der Waals surface area contributed by atoms with E-state index in [4.69, 9.17) is 9.47 Å². The van der Waals surface area contributed by atoms with Crippen LogP contribution in [0.2, 0.25) is 0 Å². The van der Waals surface area contributed by atoms with E-state index in [2.05, 4.69) is 10.2 Å². The zero-order valence-electron chi connectivity index (χ0n) is 16.7. The minimum Gasteiger partial charge on any atom is -0.497 e. The van der Waals surface area contributed by atoms with Crippen molar-refractivity contribution in [2.75, 3.05) is 34.4 Å². The van der Waals surface area contributed by atoms with Crippen LogP contribution in [0.3, 0.4) is 0 Å². The molecule has 1 amide bonds. The number of aryl methyl sites for hydroxylation is 1. The number of benzene rings is 2. The molecule has 0 spiro atoms. The highest BCUT2D eigenvalue weighted by atomic mass is 16.5. The maximum absolute atomic E-state index is 12.4. The predicted molar refractivity (Wildman–Crippen MR) is 108 cm³/mol. The lowest BCUT2D eigenvalue weighted by atomic mass is 10.1. The number of nitrogens with zero attached hydrogens (tertiary/aromatic N) is 1. The minimum absolute atomic E-state index is 0.0432. The second-order valence-electron chi connectivity index (χ2n) is 6.60. The lowest BCUT2D eigenvalue weighted by Crippen LogP contribution is -2.34. The lowest BCUT2D eigenvalue weighted by Gasteiger charge is -2.25. The second-order valence-corrected chi connectivity index (χ2v) is 6.60. The molecule has 27 heavy (non-hydrogen) atoms. The van der Waals surface area contributed by atoms with Crippen LogP contribution in [-0.4, -0.2) is 45.2 Å². The largest absolute Gasteiger partial charge is 0.497 e. The Kier molecular flexibility index (Phi) is 8.14. The first-order chi connectivity index (χ1) is 13.0. The molecular formula is C22H30N2O3. The molecule has 0 saturated heterocycles. The molecule has 0 aliphatic carbocycles. The van der Waals surface area contributed by atoms with E-state index in [1.165, 1.54) is 0 Å². The molecule has 1 unspecified atom stereocenters. The summed E-state index contributed by atoms with van der Waals surface area (Å²) in [7, 11) is 5.68. The zero-order chi connectivity index (χ0) is 19.6. The number of methoxy groups -OCH3 is 1. The number of carbonyl (C=O) groups excluding carboxylic acids is 1. The van der Waals surface area contributed by atoms with E-state index in [0.717, 1.165) is 22.6 Å². The molecule has 0 fully saturated rings. The summed E-state index contributed by atoms with van der Waals surface area (Å²) in [6, 6.07) is 15.9. The summed E-state index contributed by atoms with van der Waals surface area (Å²) in [5.74, 6) is 1.73. The number of para-hydroxylation sites is 1. The average molecular weight is 370 g/mol. The van der Waals surface area contributed by atoms with Crippen LogP contribution in [0.4, 0.5) is 0 Å². The third-order valence-corrected chi connectivity index (χ3v) is 4.51. The Bertz CT molecular complexity index is 714. The molecule has 2 aromatic rings. The van der Waals surface area contributed by atoms with Crippen molar-refractivity contribution in [3.8, 4) is 11.5 Å². The number of carbonyl (C=O) groups is 1. The molecule has 5 nitrogen and oxygen atoms in total. The van der Waals surface area contributed by atoms with Gasteiger partial charge in [-0.3, -0.25) is 4.79 Å². The highest BCUT2D eigenvalue weighted by molar-refractivity contribution is 5.76. The summed E-state index contributed by atoms with van der Waals surface area (Å²) < 4.78 is 10.8. The van der Waals surface area contributed by atoms with Crippen molar-refractivity contribution in [2.45, 2.75) is 25.8 Å². The molecule has 0 radical (unpaired) electrons. The van der Waals surface area contributed by atoms with Gasteiger partial charge < -0.3 is 19.7 Å². The highest BCUT2D eigenvalue weighted by Crippen LogP contribution is 2.21. The Morgan fingerprint density at radius 1 is 1.11 bits per heavy atom. The van der Waals surface area contributed by atoms with Gasteiger partial charge in [0.05, 0.1) is 19.8 Å². The van der Waals surface area contributed by atoms with E-state index in [9.17, 15) is 4.79 Å². The number of rotatable bonds is 10. The summed E-state index contributed by atoms with van der Waals surface area (Å²) in [6.45, 7) is 3.14. The van der Waals surface area contributed by atoms with Gasteiger partial charge in [0.2, 0.25) is 5.91 Å². The first-order valence-corrected chi connectivity index (χ1v) is 9.33. The van der Waals surface area contributed by atoms with Gasteiger partial charge in [-0.25, -0.2) is 0 Å². The number of hydrogen-bond acceptors (Lipinski definition) is 4. The molecule has 0 saturated carbocycles. The van der Waals surface area contributed by atoms with Gasteiger partial charge in [0.25, 0.3) is 0 Å². The molecule has 2 rings (SSSR count). The summed E-state index contributed by atoms with van der Waals surface area (Å²) in [4.78, 5) is 14.5. The Hall–Kier alpha value is -2.53. The van der Waals surface area contributed by atoms with Gasteiger partial charge in [0.15, 0.2) is 0 Å². The number of ether oxygens (including phenoxy) is 2. The standard InChI is InChI=1S/C22H30N2O3/c1-5-27-21-9-7-6-8-18(21)12-15-22(25)23-16-20(24(2)3)17-10-13-19(26-4)14-11-17/h6-11,13-14,20H,5,12,15-16H2,1-4H3,(H,23,25). The first-order valence-electron chi connectivity index (χ1n) is 9.33. The molecule has 5 heteroatoms. The van der Waals surface area contributed by atoms with Gasteiger partial charge >= 0.3 is 0 Å². The normalized spacial score (nSPS) is 11.9. The van der Waals surface area contributed by atoms with Gasteiger partial charge in [0.1, 0.15) is 11.5 Å². The SMILES string of the molecule is CCOc1ccccc1CCC(=O)NCC(c1ccc(OC)cc1)N(C)C. The van der Waals surface area contributed by atoms with Crippen LogP contribution in [0.1, 0.15) is 30.5 Å². The summed E-state index contributed by atoms with van der Waals surface area (Å²) in [5, 5.41) is 3.06. The summed E-state index contributed by atoms with van der Waals surface area (Å²) >= 11 is 0. The minimum atomic E-state index is 0.0432. The van der Waals surface area contributed by atoms with E-state index in [1.807, 2.05) is 69.6 Å². The quantitative estimate of drug-likeness (QED) is 0.696. The highest BCUT2D eigenvalue weighted by Gasteiger charge is 2.15. The smallest absolute Gasteiger partial charge is 0.220 e. The Labute approximate surface area is 162 Å². The fourth-order valence-electron chi connectivity index (χ4n) is 2.98. The van der Waals surface area contributed by atoms with Gasteiger partial charge in [-0.05, 0) is 56.8 Å². The maximum atomic E-state index is 12.4. The van der Waals surface area contributed by atoms with Crippen molar-refractivity contribution in [2.24, 2.45) is 0 Å². The fourth-order valence-corrected chi connectivity index (χ4v) is 2.98. The van der Waals surface area contributed by atoms with Crippen molar-refractivity contribution in [3.63, 3.8) is 0 Å². The Morgan fingerprint density at radius 2 is 1.81 bits per heavy atom. The monoisotopic (exact) mass is 370 g/mol. The van der Waals surface area contributed by atoms with E-state index in [1.54, 1.807) is 7.11 Å². The maximum Gasteiger partial charge on any atom is 0.220 e. The van der Waals surface area contributed by atoms with Crippen molar-refractivity contribution in [1.82, 2.24) is 10.2 Å². The van der Waals surface area contributed by atoms with E-state index in [-0.39, 0.29) is 11.9 Å². The number of amides is 1. The van der Waals surface area contributed by atoms with Crippen LogP contribution >= 0.6 is 0 Å². The fraction of sp³-hybridized carbons (Fsp3) is 0.409. The molecule has 0 aliphatic rings. The molecule has 2 aromatic carbocycles. The summed E-state index contributed by atoms with van der Waals surface area (Å²) in [6.07, 6.45) is 1.10. The molecule has 0 aromatic heterocycles. The zero-order valence-corrected chi connectivity index (χ0v) is 16.7. The molecule has 0 aliphatic heterocycles. The van der Waals surface area contributed by atoms with Gasteiger partial charge in [-0.2, -0.15) is 0 Å². The van der Waals surface area contributed by atoms with E-state index < -0.39 is 0 Å². The molecule has 0 bridgehead atoms. The van der Waals surface area contributed by atoms with Crippen LogP contribution in [0.5, 0.6) is 11.5 Å². The number of nitrogens with one attached hydrogen (secondary N) is 1. The number of likely N-dealkylation sites (N-methyl/N-ethyl adjacent to an activating group) is 1. The Morgan fingerprint density at radius 3 is 2.44 bits per heavy atom. The average Bonchev–Trinajstić information content (AvgIpc) is 2.68. The third-order valence-electron chi connectivity index (χ3n) is 4.51. The topological polar surface area (TPSA) is 50.8 Å². The third kappa shape index (κ3) is 6.29. The van der Waals surface area contributed by atoms with Gasteiger partial charge in [0, 0.05) is 13.0 Å². The van der Waals surface area contributed by atoms with Crippen molar-refractivity contribution >= 4 is 5.91 Å². The Balaban J connectivity index is 1.90. The van der Waals surface area contributed by atoms with Crippen LogP contribution in [0.25, 0.3) is 0 Å². The van der Waals surface area contributed by atoms with Crippen molar-refractivity contribution in [1.29, 1.82) is 0 Å². The molecule has 146 valence electrons. The van der Waals surface area contributed by atoms with E-state index in [0.29, 0.717) is 26.0 Å². The summed E-state index contributed by atoms with van der Waals surface area (Å²) in [5.41, 5.74) is 2.21. The second kappa shape index (κ2) is 10.6. The molecule has 0 heterocycles. The van der Waals surface area contributed by atoms with Crippen LogP contribution in [-0.2, 0) is 11.2 Å². The van der Waals surface area contributed by atoms with Crippen LogP contribution in [0, 0.1) is 0 Å². The molecule has 1 atom stereocenters. The van der Waals surface area contributed by atoms with Gasteiger partial charge in [-0.1, -0.05) is 30.3 Å². The molecule has 1 N–H and O–H groups in total. The number of hydrogen-bond donors (Lipinski definition) is 1. The van der Waals surface area contributed by atoms with Crippen molar-refractivity contribution in [3.05, 3.63) is 59.7 Å². The van der Waals surface area contributed by atoms with Gasteiger partial charge in [-0.15, -0.1) is 0 Å².